The first-order chi connectivity index (χ1) is 14.8. The molecule has 4 aliphatic rings. The smallest absolute Gasteiger partial charge is 0.308 e. The number of Topliss-reactive ketones (excluding diaryl/α,β-unsaturated/α-hetero) is 1. The van der Waals surface area contributed by atoms with E-state index in [2.05, 4.69) is 0 Å². The predicted octanol–water partition coefficient (Wildman–Crippen LogP) is 2.81. The maximum atomic E-state index is 16.2. The standard InChI is InChI=1S/C24H28ClFO6/c1-12-7-15-16-9-18(32-13(2)28)17-8-14(29)5-6-21(17,3)23(16,25)19(26)10-22(15,4)24(12,31)20(30)11-27/h5-6,8-9,12,15-16,19,27,31H,7,10-11H2,1-4H3/t12-,15-,16-,19-,21-,22-,23-,24-/m0/s1. The summed E-state index contributed by atoms with van der Waals surface area (Å²) in [6.07, 6.45) is 4.33. The number of hydrogen-bond acceptors (Lipinski definition) is 6. The highest BCUT2D eigenvalue weighted by Crippen LogP contribution is 2.71. The van der Waals surface area contributed by atoms with Crippen LogP contribution in [0, 0.1) is 28.6 Å². The van der Waals surface area contributed by atoms with Crippen LogP contribution in [0.3, 0.4) is 0 Å². The molecule has 6 nitrogen and oxygen atoms in total. The Hall–Kier alpha value is -1.83. The summed E-state index contributed by atoms with van der Waals surface area (Å²) in [6.45, 7) is 5.50. The summed E-state index contributed by atoms with van der Waals surface area (Å²) < 4.78 is 21.7. The van der Waals surface area contributed by atoms with E-state index in [9.17, 15) is 24.6 Å². The van der Waals surface area contributed by atoms with Gasteiger partial charge in [-0.1, -0.05) is 26.8 Å². The molecule has 0 heterocycles. The fourth-order valence-corrected chi connectivity index (χ4v) is 7.45. The number of esters is 1. The fourth-order valence-electron chi connectivity index (χ4n) is 6.99. The van der Waals surface area contributed by atoms with Gasteiger partial charge in [0.2, 0.25) is 0 Å². The van der Waals surface area contributed by atoms with Crippen LogP contribution in [0.4, 0.5) is 4.39 Å². The normalized spacial score (nSPS) is 47.1. The van der Waals surface area contributed by atoms with E-state index in [1.54, 1.807) is 32.9 Å². The Balaban J connectivity index is 1.96. The van der Waals surface area contributed by atoms with E-state index in [0.717, 1.165) is 0 Å². The maximum absolute atomic E-state index is 16.2. The molecule has 0 aromatic carbocycles. The Morgan fingerprint density at radius 3 is 2.59 bits per heavy atom. The van der Waals surface area contributed by atoms with E-state index < -0.39 is 63.6 Å². The maximum Gasteiger partial charge on any atom is 0.308 e. The van der Waals surface area contributed by atoms with Crippen LogP contribution < -0.4 is 0 Å². The first kappa shape index (κ1) is 23.3. The van der Waals surface area contributed by atoms with Gasteiger partial charge in [-0.3, -0.25) is 14.4 Å². The van der Waals surface area contributed by atoms with Gasteiger partial charge in [0.15, 0.2) is 11.6 Å². The minimum Gasteiger partial charge on any atom is -0.427 e. The van der Waals surface area contributed by atoms with Crippen molar-refractivity contribution in [1.82, 2.24) is 0 Å². The molecule has 0 aliphatic heterocycles. The van der Waals surface area contributed by atoms with Crippen molar-refractivity contribution in [1.29, 1.82) is 0 Å². The molecule has 4 aliphatic carbocycles. The van der Waals surface area contributed by atoms with E-state index >= 15 is 4.39 Å². The van der Waals surface area contributed by atoms with Crippen molar-refractivity contribution < 1.29 is 33.7 Å². The zero-order chi connectivity index (χ0) is 23.9. The van der Waals surface area contributed by atoms with Crippen molar-refractivity contribution in [2.75, 3.05) is 6.61 Å². The average Bonchev–Trinajstić information content (AvgIpc) is 2.92. The summed E-state index contributed by atoms with van der Waals surface area (Å²) in [4.78, 5) is 35.1. The molecular weight excluding hydrogens is 439 g/mol. The highest BCUT2D eigenvalue weighted by atomic mass is 35.5. The van der Waals surface area contributed by atoms with E-state index in [1.165, 1.54) is 19.1 Å². The lowest BCUT2D eigenvalue weighted by molar-refractivity contribution is -0.171. The van der Waals surface area contributed by atoms with Crippen LogP contribution in [-0.2, 0) is 19.1 Å². The second kappa shape index (κ2) is 7.08. The van der Waals surface area contributed by atoms with Gasteiger partial charge in [0.05, 0.1) is 4.87 Å². The number of carbonyl (C=O) groups is 3. The van der Waals surface area contributed by atoms with Crippen LogP contribution in [-0.4, -0.2) is 51.0 Å². The van der Waals surface area contributed by atoms with Crippen LogP contribution in [0.25, 0.3) is 0 Å². The Bertz CT molecular complexity index is 1000. The second-order valence-electron chi connectivity index (χ2n) is 10.1. The molecule has 2 N–H and O–H groups in total. The third kappa shape index (κ3) is 2.62. The molecule has 0 aromatic heterocycles. The zero-order valence-corrected chi connectivity index (χ0v) is 19.3. The van der Waals surface area contributed by atoms with Gasteiger partial charge < -0.3 is 14.9 Å². The number of ketones is 2. The van der Waals surface area contributed by atoms with Crippen LogP contribution in [0.5, 0.6) is 0 Å². The summed E-state index contributed by atoms with van der Waals surface area (Å²) in [5, 5.41) is 21.1. The minimum atomic E-state index is -1.92. The van der Waals surface area contributed by atoms with Crippen LogP contribution in [0.2, 0.25) is 0 Å². The van der Waals surface area contributed by atoms with Crippen LogP contribution in [0.15, 0.2) is 35.6 Å². The molecule has 0 saturated heterocycles. The summed E-state index contributed by atoms with van der Waals surface area (Å²) >= 11 is 7.20. The predicted molar refractivity (Wildman–Crippen MR) is 114 cm³/mol. The van der Waals surface area contributed by atoms with Crippen LogP contribution in [0.1, 0.15) is 40.5 Å². The van der Waals surface area contributed by atoms with Crippen molar-refractivity contribution in [3.63, 3.8) is 0 Å². The monoisotopic (exact) mass is 466 g/mol. The molecule has 0 bridgehead atoms. The van der Waals surface area contributed by atoms with Crippen LogP contribution >= 0.6 is 11.6 Å². The van der Waals surface area contributed by atoms with Crippen molar-refractivity contribution in [2.45, 2.75) is 57.2 Å². The Morgan fingerprint density at radius 1 is 1.34 bits per heavy atom. The summed E-state index contributed by atoms with van der Waals surface area (Å²) in [7, 11) is 0. The Labute approximate surface area is 191 Å². The average molecular weight is 467 g/mol. The third-order valence-electron chi connectivity index (χ3n) is 8.63. The number of rotatable bonds is 3. The molecule has 0 amide bonds. The van der Waals surface area contributed by atoms with Crippen molar-refractivity contribution >= 4 is 29.1 Å². The van der Waals surface area contributed by atoms with Gasteiger partial charge >= 0.3 is 5.97 Å². The van der Waals surface area contributed by atoms with E-state index in [0.29, 0.717) is 12.0 Å². The molecule has 0 unspecified atom stereocenters. The third-order valence-corrected chi connectivity index (χ3v) is 9.51. The number of halogens is 2. The highest BCUT2D eigenvalue weighted by Gasteiger charge is 2.75. The summed E-state index contributed by atoms with van der Waals surface area (Å²) in [6, 6.07) is 0. The van der Waals surface area contributed by atoms with Gasteiger partial charge in [0, 0.05) is 29.2 Å². The number of hydrogen-bond donors (Lipinski definition) is 2. The molecule has 32 heavy (non-hydrogen) atoms. The topological polar surface area (TPSA) is 101 Å². The first-order valence-corrected chi connectivity index (χ1v) is 11.2. The largest absolute Gasteiger partial charge is 0.427 e. The Kier molecular flexibility index (Phi) is 5.16. The lowest BCUT2D eigenvalue weighted by Gasteiger charge is -2.61. The number of aliphatic hydroxyl groups is 2. The molecule has 2 saturated carbocycles. The van der Waals surface area contributed by atoms with E-state index in [1.807, 2.05) is 0 Å². The van der Waals surface area contributed by atoms with Crippen molar-refractivity contribution in [3.05, 3.63) is 35.6 Å². The number of ether oxygens (including phenoxy) is 1. The first-order valence-electron chi connectivity index (χ1n) is 10.8. The van der Waals surface area contributed by atoms with Gasteiger partial charge in [-0.05, 0) is 42.9 Å². The van der Waals surface area contributed by atoms with Crippen molar-refractivity contribution in [3.8, 4) is 0 Å². The number of alkyl halides is 2. The van der Waals surface area contributed by atoms with Gasteiger partial charge in [-0.15, -0.1) is 11.6 Å². The number of aliphatic hydroxyl groups excluding tert-OH is 1. The second-order valence-corrected chi connectivity index (χ2v) is 10.7. The Morgan fingerprint density at radius 2 is 2.00 bits per heavy atom. The number of carbonyl (C=O) groups excluding carboxylic acids is 3. The summed E-state index contributed by atoms with van der Waals surface area (Å²) in [5.41, 5.74) is -3.94. The lowest BCUT2D eigenvalue weighted by Crippen LogP contribution is -2.67. The molecule has 0 spiro atoms. The molecule has 0 radical (unpaired) electrons. The molecule has 174 valence electrons. The van der Waals surface area contributed by atoms with Gasteiger partial charge in [-0.25, -0.2) is 4.39 Å². The molecule has 8 heteroatoms. The zero-order valence-electron chi connectivity index (χ0n) is 18.5. The highest BCUT2D eigenvalue weighted by molar-refractivity contribution is 6.26. The summed E-state index contributed by atoms with van der Waals surface area (Å²) in [5.74, 6) is -3.19. The van der Waals surface area contributed by atoms with Crippen molar-refractivity contribution in [2.24, 2.45) is 28.6 Å². The lowest BCUT2D eigenvalue weighted by atomic mass is 9.47. The van der Waals surface area contributed by atoms with Gasteiger partial charge in [0.25, 0.3) is 0 Å². The molecule has 4 rings (SSSR count). The minimum absolute atomic E-state index is 0.145. The SMILES string of the molecule is CC(=O)OC1=C[C@H]2[C@@H]3C[C@H](C)[C@](O)(C(=O)CO)[C@@]3(C)C[C@H](F)[C@]2(Cl)[C@@]2(C)C=CC(=O)C=C12. The molecule has 2 fully saturated rings. The molecular formula is C24H28ClFO6. The number of allylic oxidation sites excluding steroid dienone is 5. The van der Waals surface area contributed by atoms with E-state index in [4.69, 9.17) is 16.3 Å². The quantitative estimate of drug-likeness (QED) is 0.490. The molecule has 0 aromatic rings. The van der Waals surface area contributed by atoms with E-state index in [-0.39, 0.29) is 18.0 Å². The number of fused-ring (bicyclic) bond motifs is 5. The van der Waals surface area contributed by atoms with Gasteiger partial charge in [-0.2, -0.15) is 0 Å². The molecule has 8 atom stereocenters. The van der Waals surface area contributed by atoms with Gasteiger partial charge in [0.1, 0.15) is 24.1 Å². The fraction of sp³-hybridized carbons (Fsp3) is 0.625.